The molecule has 0 aliphatic rings. The number of carbonyl (C=O) groups excluding carboxylic acids is 2. The van der Waals surface area contributed by atoms with Gasteiger partial charge in [-0.05, 0) is 54.4 Å². The van der Waals surface area contributed by atoms with E-state index in [2.05, 4.69) is 15.6 Å². The first-order chi connectivity index (χ1) is 18.1. The Morgan fingerprint density at radius 3 is 2.24 bits per heavy atom. The van der Waals surface area contributed by atoms with Crippen LogP contribution in [-0.2, 0) is 18.1 Å². The predicted octanol–water partition coefficient (Wildman–Crippen LogP) is 7.26. The SMILES string of the molecule is CC(=O)c1cccc(NC(=O)NC(Cc2ccccc2)(c2cccc(C(F)(F)F)c2)c2ccc(Cl)cn2)c1. The van der Waals surface area contributed by atoms with Gasteiger partial charge in [0.05, 0.1) is 16.3 Å². The van der Waals surface area contributed by atoms with Crippen molar-refractivity contribution in [3.05, 3.63) is 130 Å². The summed E-state index contributed by atoms with van der Waals surface area (Å²) in [6.45, 7) is 1.41. The van der Waals surface area contributed by atoms with Gasteiger partial charge in [0.1, 0.15) is 5.54 Å². The number of halogens is 4. The Balaban J connectivity index is 1.85. The quantitative estimate of drug-likeness (QED) is 0.244. The van der Waals surface area contributed by atoms with Crippen LogP contribution in [-0.4, -0.2) is 16.8 Å². The van der Waals surface area contributed by atoms with Crippen LogP contribution in [0.1, 0.15) is 39.7 Å². The molecule has 2 amide bonds. The highest BCUT2D eigenvalue weighted by atomic mass is 35.5. The fourth-order valence-corrected chi connectivity index (χ4v) is 4.30. The summed E-state index contributed by atoms with van der Waals surface area (Å²) in [7, 11) is 0. The maximum atomic E-state index is 13.7. The Morgan fingerprint density at radius 1 is 0.868 bits per heavy atom. The Hall–Kier alpha value is -4.17. The minimum Gasteiger partial charge on any atom is -0.322 e. The normalized spacial score (nSPS) is 12.9. The smallest absolute Gasteiger partial charge is 0.322 e. The number of nitrogens with one attached hydrogen (secondary N) is 2. The van der Waals surface area contributed by atoms with Gasteiger partial charge in [-0.25, -0.2) is 4.79 Å². The van der Waals surface area contributed by atoms with Crippen molar-refractivity contribution in [2.75, 3.05) is 5.32 Å². The molecule has 1 heterocycles. The van der Waals surface area contributed by atoms with Gasteiger partial charge in [-0.15, -0.1) is 0 Å². The summed E-state index contributed by atoms with van der Waals surface area (Å²) >= 11 is 6.07. The van der Waals surface area contributed by atoms with Crippen LogP contribution in [0.3, 0.4) is 0 Å². The highest BCUT2D eigenvalue weighted by Crippen LogP contribution is 2.37. The summed E-state index contributed by atoms with van der Waals surface area (Å²) in [5.41, 5.74) is -0.419. The number of aromatic nitrogens is 1. The van der Waals surface area contributed by atoms with E-state index in [0.29, 0.717) is 16.3 Å². The van der Waals surface area contributed by atoms with Gasteiger partial charge in [-0.1, -0.05) is 66.2 Å². The molecule has 0 saturated heterocycles. The average Bonchev–Trinajstić information content (AvgIpc) is 2.89. The molecule has 2 N–H and O–H groups in total. The van der Waals surface area contributed by atoms with E-state index in [1.807, 2.05) is 18.2 Å². The van der Waals surface area contributed by atoms with Gasteiger partial charge >= 0.3 is 12.2 Å². The van der Waals surface area contributed by atoms with Gasteiger partial charge in [0.25, 0.3) is 0 Å². The van der Waals surface area contributed by atoms with Crippen LogP contribution in [0.15, 0.2) is 97.2 Å². The molecule has 0 fully saturated rings. The minimum atomic E-state index is -4.60. The molecule has 0 bridgehead atoms. The van der Waals surface area contributed by atoms with E-state index in [9.17, 15) is 22.8 Å². The second-order valence-corrected chi connectivity index (χ2v) is 9.16. The van der Waals surface area contributed by atoms with Gasteiger partial charge in [0.15, 0.2) is 5.78 Å². The van der Waals surface area contributed by atoms with E-state index in [4.69, 9.17) is 11.6 Å². The van der Waals surface area contributed by atoms with E-state index in [-0.39, 0.29) is 23.5 Å². The predicted molar refractivity (Wildman–Crippen MR) is 140 cm³/mol. The van der Waals surface area contributed by atoms with Crippen molar-refractivity contribution in [2.45, 2.75) is 25.1 Å². The van der Waals surface area contributed by atoms with Crippen LogP contribution in [0, 0.1) is 0 Å². The lowest BCUT2D eigenvalue weighted by Crippen LogP contribution is -2.50. The fourth-order valence-electron chi connectivity index (χ4n) is 4.18. The molecule has 0 radical (unpaired) electrons. The number of hydrogen-bond donors (Lipinski definition) is 2. The van der Waals surface area contributed by atoms with Crippen molar-refractivity contribution >= 4 is 29.1 Å². The molecule has 0 aliphatic carbocycles. The molecular weight excluding hydrogens is 515 g/mol. The van der Waals surface area contributed by atoms with Crippen molar-refractivity contribution in [1.82, 2.24) is 10.3 Å². The number of alkyl halides is 3. The molecule has 9 heteroatoms. The number of rotatable bonds is 7. The Morgan fingerprint density at radius 2 is 1.58 bits per heavy atom. The van der Waals surface area contributed by atoms with E-state index in [0.717, 1.165) is 17.7 Å². The Bertz CT molecular complexity index is 1440. The number of urea groups is 1. The van der Waals surface area contributed by atoms with Crippen LogP contribution in [0.2, 0.25) is 5.02 Å². The summed E-state index contributed by atoms with van der Waals surface area (Å²) in [6.07, 6.45) is -3.14. The summed E-state index contributed by atoms with van der Waals surface area (Å²) in [5.74, 6) is -0.179. The van der Waals surface area contributed by atoms with Crippen LogP contribution in [0.4, 0.5) is 23.7 Å². The van der Waals surface area contributed by atoms with Crippen molar-refractivity contribution in [3.8, 4) is 0 Å². The average molecular weight is 538 g/mol. The van der Waals surface area contributed by atoms with Crippen molar-refractivity contribution in [3.63, 3.8) is 0 Å². The second-order valence-electron chi connectivity index (χ2n) is 8.72. The van der Waals surface area contributed by atoms with Crippen LogP contribution in [0.5, 0.6) is 0 Å². The summed E-state index contributed by atoms with van der Waals surface area (Å²) in [5, 5.41) is 5.93. The lowest BCUT2D eigenvalue weighted by molar-refractivity contribution is -0.137. The zero-order valence-corrected chi connectivity index (χ0v) is 21.0. The molecule has 0 spiro atoms. The summed E-state index contributed by atoms with van der Waals surface area (Å²) < 4.78 is 41.2. The minimum absolute atomic E-state index is 0.0880. The highest BCUT2D eigenvalue weighted by molar-refractivity contribution is 6.30. The molecule has 38 heavy (non-hydrogen) atoms. The number of carbonyl (C=O) groups is 2. The maximum absolute atomic E-state index is 13.7. The van der Waals surface area contributed by atoms with Crippen LogP contribution >= 0.6 is 11.6 Å². The number of nitrogens with zero attached hydrogens (tertiary/aromatic N) is 1. The first kappa shape index (κ1) is 26.9. The van der Waals surface area contributed by atoms with Gasteiger partial charge < -0.3 is 10.6 Å². The highest BCUT2D eigenvalue weighted by Gasteiger charge is 2.40. The molecule has 0 aliphatic heterocycles. The van der Waals surface area contributed by atoms with Crippen LogP contribution < -0.4 is 10.6 Å². The molecule has 4 rings (SSSR count). The number of anilines is 1. The fraction of sp³-hybridized carbons (Fsp3) is 0.138. The number of Topliss-reactive ketones (excluding diaryl/α,β-unsaturated/α-hetero) is 1. The molecule has 0 saturated carbocycles. The summed E-state index contributed by atoms with van der Waals surface area (Å²) in [4.78, 5) is 29.6. The number of pyridine rings is 1. The van der Waals surface area contributed by atoms with Gasteiger partial charge in [0, 0.05) is 23.9 Å². The molecule has 3 aromatic carbocycles. The molecule has 1 atom stereocenters. The topological polar surface area (TPSA) is 71.1 Å². The molecule has 194 valence electrons. The van der Waals surface area contributed by atoms with Crippen molar-refractivity contribution in [2.24, 2.45) is 0 Å². The van der Waals surface area contributed by atoms with E-state index in [1.54, 1.807) is 42.5 Å². The number of ketones is 1. The third-order valence-electron chi connectivity index (χ3n) is 6.01. The monoisotopic (exact) mass is 537 g/mol. The zero-order chi connectivity index (χ0) is 27.3. The van der Waals surface area contributed by atoms with E-state index < -0.39 is 23.3 Å². The first-order valence-electron chi connectivity index (χ1n) is 11.6. The van der Waals surface area contributed by atoms with Gasteiger partial charge in [-0.2, -0.15) is 13.2 Å². The van der Waals surface area contributed by atoms with E-state index >= 15 is 0 Å². The number of hydrogen-bond acceptors (Lipinski definition) is 3. The van der Waals surface area contributed by atoms with Gasteiger partial charge in [-0.3, -0.25) is 9.78 Å². The number of amides is 2. The molecule has 5 nitrogen and oxygen atoms in total. The molecular formula is C29H23ClF3N3O2. The Kier molecular flexibility index (Phi) is 7.83. The first-order valence-corrected chi connectivity index (χ1v) is 12.0. The lowest BCUT2D eigenvalue weighted by atomic mass is 9.80. The second kappa shape index (κ2) is 11.1. The van der Waals surface area contributed by atoms with E-state index in [1.165, 1.54) is 31.3 Å². The third-order valence-corrected chi connectivity index (χ3v) is 6.24. The largest absolute Gasteiger partial charge is 0.416 e. The molecule has 1 aromatic heterocycles. The molecule has 4 aromatic rings. The van der Waals surface area contributed by atoms with Crippen molar-refractivity contribution < 1.29 is 22.8 Å². The summed E-state index contributed by atoms with van der Waals surface area (Å²) in [6, 6.07) is 22.6. The third kappa shape index (κ3) is 6.20. The number of benzene rings is 3. The standard InChI is InChI=1S/C29H23ClF3N3O2/c1-19(37)21-9-5-12-25(15-21)35-27(38)36-28(17-20-7-3-2-4-8-20,26-14-13-24(30)18-34-26)22-10-6-11-23(16-22)29(31,32)33/h2-16,18H,17H2,1H3,(H2,35,36,38). The maximum Gasteiger partial charge on any atom is 0.416 e. The lowest BCUT2D eigenvalue weighted by Gasteiger charge is -2.36. The van der Waals surface area contributed by atoms with Crippen LogP contribution in [0.25, 0.3) is 0 Å². The van der Waals surface area contributed by atoms with Crippen molar-refractivity contribution in [1.29, 1.82) is 0 Å². The molecule has 1 unspecified atom stereocenters. The zero-order valence-electron chi connectivity index (χ0n) is 20.2. The Labute approximate surface area is 222 Å². The van der Waals surface area contributed by atoms with Gasteiger partial charge in [0.2, 0.25) is 0 Å².